The second-order valence-corrected chi connectivity index (χ2v) is 12.4. The molecule has 0 atom stereocenters. The Balaban J connectivity index is 1.43. The lowest BCUT2D eigenvalue weighted by molar-refractivity contribution is 0.770. The van der Waals surface area contributed by atoms with Gasteiger partial charge in [0.05, 0.1) is 5.41 Å². The molecule has 4 aromatic heterocycles. The highest BCUT2D eigenvalue weighted by atomic mass is 14.6. The van der Waals surface area contributed by atoms with Gasteiger partial charge in [0.25, 0.3) is 0 Å². The van der Waals surface area contributed by atoms with Gasteiger partial charge >= 0.3 is 0 Å². The Morgan fingerprint density at radius 3 is 0.939 bits per heavy atom. The van der Waals surface area contributed by atoms with Crippen LogP contribution in [0.15, 0.2) is 183 Å². The zero-order valence-corrected chi connectivity index (χ0v) is 26.6. The van der Waals surface area contributed by atoms with Gasteiger partial charge in [-0.1, -0.05) is 72.8 Å². The molecule has 0 bridgehead atoms. The Hall–Kier alpha value is -6.52. The number of rotatable bonds is 6. The molecule has 9 rings (SSSR count). The zero-order valence-electron chi connectivity index (χ0n) is 26.6. The first-order chi connectivity index (χ1) is 24.3. The molecular weight excluding hydrogens is 597 g/mol. The first kappa shape index (κ1) is 28.7. The normalized spacial score (nSPS) is 12.7. The summed E-state index contributed by atoms with van der Waals surface area (Å²) in [5.41, 5.74) is 15.3. The smallest absolute Gasteiger partial charge is 0.0714 e. The Labute approximate surface area is 285 Å². The number of aromatic nitrogens is 4. The van der Waals surface area contributed by atoms with Crippen molar-refractivity contribution >= 4 is 0 Å². The Kier molecular flexibility index (Phi) is 6.98. The largest absolute Gasteiger partial charge is 0.264 e. The van der Waals surface area contributed by atoms with E-state index in [1.807, 2.05) is 73.8 Å². The molecule has 0 aliphatic heterocycles. The van der Waals surface area contributed by atoms with E-state index in [2.05, 4.69) is 129 Å². The fourth-order valence-electron chi connectivity index (χ4n) is 7.51. The maximum atomic E-state index is 4.50. The molecule has 4 heteroatoms. The fraction of sp³-hybridized carbons (Fsp3) is 0.0222. The molecule has 0 saturated carbocycles. The van der Waals surface area contributed by atoms with Gasteiger partial charge in [-0.3, -0.25) is 19.9 Å². The van der Waals surface area contributed by atoms with Crippen LogP contribution < -0.4 is 0 Å². The lowest BCUT2D eigenvalue weighted by Crippen LogP contribution is -2.29. The van der Waals surface area contributed by atoms with Crippen molar-refractivity contribution in [3.05, 3.63) is 205 Å². The monoisotopic (exact) mass is 626 g/mol. The predicted molar refractivity (Wildman–Crippen MR) is 197 cm³/mol. The summed E-state index contributed by atoms with van der Waals surface area (Å²) in [6.07, 6.45) is 15.1. The molecule has 1 aliphatic carbocycles. The minimum Gasteiger partial charge on any atom is -0.264 e. The molecule has 4 aromatic carbocycles. The van der Waals surface area contributed by atoms with Gasteiger partial charge in [-0.15, -0.1) is 0 Å². The van der Waals surface area contributed by atoms with Crippen LogP contribution in [0.25, 0.3) is 55.6 Å². The van der Waals surface area contributed by atoms with Gasteiger partial charge in [-0.25, -0.2) is 0 Å². The van der Waals surface area contributed by atoms with Gasteiger partial charge in [-0.2, -0.15) is 0 Å². The highest BCUT2D eigenvalue weighted by molar-refractivity contribution is 5.89. The summed E-state index contributed by atoms with van der Waals surface area (Å²) in [7, 11) is 0. The van der Waals surface area contributed by atoms with Gasteiger partial charge in [0.1, 0.15) is 0 Å². The maximum absolute atomic E-state index is 4.50. The van der Waals surface area contributed by atoms with E-state index >= 15 is 0 Å². The molecule has 8 aromatic rings. The van der Waals surface area contributed by atoms with E-state index in [1.165, 1.54) is 33.4 Å². The van der Waals surface area contributed by atoms with Crippen molar-refractivity contribution in [2.75, 3.05) is 0 Å². The molecular formula is C45H30N4. The van der Waals surface area contributed by atoms with Crippen molar-refractivity contribution in [1.82, 2.24) is 19.9 Å². The van der Waals surface area contributed by atoms with Gasteiger partial charge < -0.3 is 0 Å². The Morgan fingerprint density at radius 2 is 0.633 bits per heavy atom. The predicted octanol–water partition coefficient (Wildman–Crippen LogP) is 10.3. The van der Waals surface area contributed by atoms with E-state index in [0.29, 0.717) is 0 Å². The van der Waals surface area contributed by atoms with Gasteiger partial charge in [0.2, 0.25) is 0 Å². The molecule has 0 N–H and O–H groups in total. The van der Waals surface area contributed by atoms with Gasteiger partial charge in [-0.05, 0) is 116 Å². The van der Waals surface area contributed by atoms with Crippen LogP contribution in [0.3, 0.4) is 0 Å². The lowest BCUT2D eigenvalue weighted by atomic mass is 9.66. The third-order valence-corrected chi connectivity index (χ3v) is 9.66. The summed E-state index contributed by atoms with van der Waals surface area (Å²) < 4.78 is 0. The third-order valence-electron chi connectivity index (χ3n) is 9.66. The highest BCUT2D eigenvalue weighted by Gasteiger charge is 2.46. The molecule has 49 heavy (non-hydrogen) atoms. The van der Waals surface area contributed by atoms with E-state index in [4.69, 9.17) is 0 Å². The number of benzene rings is 4. The maximum Gasteiger partial charge on any atom is 0.0714 e. The van der Waals surface area contributed by atoms with Crippen LogP contribution in [-0.4, -0.2) is 19.9 Å². The summed E-state index contributed by atoms with van der Waals surface area (Å²) in [6, 6.07) is 48.2. The third kappa shape index (κ3) is 4.85. The van der Waals surface area contributed by atoms with Crippen LogP contribution in [0.2, 0.25) is 0 Å². The van der Waals surface area contributed by atoms with Gasteiger partial charge in [0, 0.05) is 71.8 Å². The molecule has 0 saturated heterocycles. The lowest BCUT2D eigenvalue weighted by Gasteiger charge is -2.35. The van der Waals surface area contributed by atoms with Crippen molar-refractivity contribution in [3.8, 4) is 55.6 Å². The number of nitrogens with zero attached hydrogens (tertiary/aromatic N) is 4. The molecule has 230 valence electrons. The minimum atomic E-state index is -0.655. The summed E-state index contributed by atoms with van der Waals surface area (Å²) in [4.78, 5) is 18.0. The molecule has 0 spiro atoms. The summed E-state index contributed by atoms with van der Waals surface area (Å²) in [5, 5.41) is 0. The average molecular weight is 627 g/mol. The summed E-state index contributed by atoms with van der Waals surface area (Å²) in [6.45, 7) is 0. The molecule has 0 unspecified atom stereocenters. The average Bonchev–Trinajstić information content (AvgIpc) is 3.50. The highest BCUT2D eigenvalue weighted by Crippen LogP contribution is 2.57. The molecule has 4 heterocycles. The molecule has 1 aliphatic rings. The number of hydrogen-bond donors (Lipinski definition) is 0. The Morgan fingerprint density at radius 1 is 0.306 bits per heavy atom. The fourth-order valence-corrected chi connectivity index (χ4v) is 7.51. The van der Waals surface area contributed by atoms with E-state index < -0.39 is 5.41 Å². The van der Waals surface area contributed by atoms with Crippen LogP contribution >= 0.6 is 0 Å². The van der Waals surface area contributed by atoms with Gasteiger partial charge in [0.15, 0.2) is 0 Å². The first-order valence-electron chi connectivity index (χ1n) is 16.4. The second kappa shape index (κ2) is 11.9. The van der Waals surface area contributed by atoms with Crippen molar-refractivity contribution < 1.29 is 0 Å². The van der Waals surface area contributed by atoms with Crippen molar-refractivity contribution in [3.63, 3.8) is 0 Å². The molecule has 4 nitrogen and oxygen atoms in total. The standard InChI is InChI=1S/C45H30N4/c1-3-15-43-41(13-1)42-14-2-4-16-44(42)45(43,39-23-35(31-9-5-17-46-27-31)21-36(24-39)32-10-6-18-47-28-32)40-25-37(33-11-7-19-48-29-33)22-38(26-40)34-12-8-20-49-30-34/h1-30H. The van der Waals surface area contributed by atoms with E-state index in [9.17, 15) is 0 Å². The van der Waals surface area contributed by atoms with E-state index in [1.54, 1.807) is 0 Å². The number of fused-ring (bicyclic) bond motifs is 3. The number of hydrogen-bond acceptors (Lipinski definition) is 4. The molecule has 0 amide bonds. The van der Waals surface area contributed by atoms with Crippen molar-refractivity contribution in [2.24, 2.45) is 0 Å². The van der Waals surface area contributed by atoms with Crippen LogP contribution in [0.5, 0.6) is 0 Å². The molecule has 0 radical (unpaired) electrons. The van der Waals surface area contributed by atoms with Crippen LogP contribution in [0.1, 0.15) is 22.3 Å². The first-order valence-corrected chi connectivity index (χ1v) is 16.4. The topological polar surface area (TPSA) is 51.6 Å². The summed E-state index contributed by atoms with van der Waals surface area (Å²) in [5.74, 6) is 0. The SMILES string of the molecule is c1cncc(-c2cc(-c3cccnc3)cc(C3(c4cc(-c5cccnc5)cc(-c5cccnc5)c4)c4ccccc4-c4ccccc43)c2)c1. The Bertz CT molecular complexity index is 2140. The van der Waals surface area contributed by atoms with E-state index in [-0.39, 0.29) is 0 Å². The van der Waals surface area contributed by atoms with Crippen molar-refractivity contribution in [2.45, 2.75) is 5.41 Å². The summed E-state index contributed by atoms with van der Waals surface area (Å²) >= 11 is 0. The molecule has 0 fully saturated rings. The quantitative estimate of drug-likeness (QED) is 0.184. The van der Waals surface area contributed by atoms with Crippen LogP contribution in [-0.2, 0) is 5.41 Å². The zero-order chi connectivity index (χ0) is 32.6. The van der Waals surface area contributed by atoms with Crippen LogP contribution in [0, 0.1) is 0 Å². The van der Waals surface area contributed by atoms with Crippen molar-refractivity contribution in [1.29, 1.82) is 0 Å². The van der Waals surface area contributed by atoms with Crippen LogP contribution in [0.4, 0.5) is 0 Å². The van der Waals surface area contributed by atoms with E-state index in [0.717, 1.165) is 44.5 Å². The number of pyridine rings is 4. The minimum absolute atomic E-state index is 0.655. The second-order valence-electron chi connectivity index (χ2n) is 12.4.